The molecule has 5 rings (SSSR count). The third-order valence-corrected chi connectivity index (χ3v) is 4.57. The number of nitrogens with one attached hydrogen (secondary N) is 2. The van der Waals surface area contributed by atoms with Crippen LogP contribution < -0.4 is 11.0 Å². The Morgan fingerprint density at radius 2 is 1.71 bits per heavy atom. The summed E-state index contributed by atoms with van der Waals surface area (Å²) in [6, 6.07) is 21.8. The largest absolute Gasteiger partial charge is 0.348 e. The smallest absolute Gasteiger partial charge is 0.341 e. The van der Waals surface area contributed by atoms with E-state index >= 15 is 0 Å². The van der Waals surface area contributed by atoms with Crippen molar-refractivity contribution >= 4 is 33.4 Å². The van der Waals surface area contributed by atoms with Crippen LogP contribution in [0.3, 0.4) is 0 Å². The second-order valence-corrected chi connectivity index (χ2v) is 6.41. The van der Waals surface area contributed by atoms with Gasteiger partial charge in [0.1, 0.15) is 5.82 Å². The number of nitrogens with zero attached hydrogens (tertiary/aromatic N) is 3. The quantitative estimate of drug-likeness (QED) is 0.499. The number of fused-ring (bicyclic) bond motifs is 2. The minimum Gasteiger partial charge on any atom is -0.341 e. The molecule has 28 heavy (non-hydrogen) atoms. The molecular weight excluding hydrogens is 350 g/mol. The lowest BCUT2D eigenvalue weighted by molar-refractivity contribution is 1.10. The molecule has 6 heteroatoms. The zero-order valence-corrected chi connectivity index (χ0v) is 14.8. The zero-order chi connectivity index (χ0) is 18.9. The van der Waals surface area contributed by atoms with Gasteiger partial charge in [-0.1, -0.05) is 30.3 Å². The fourth-order valence-electron chi connectivity index (χ4n) is 3.20. The number of aromatic nitrogens is 4. The summed E-state index contributed by atoms with van der Waals surface area (Å²) in [4.78, 5) is 27.1. The van der Waals surface area contributed by atoms with E-state index in [2.05, 4.69) is 37.4 Å². The van der Waals surface area contributed by atoms with Gasteiger partial charge in [0.05, 0.1) is 10.9 Å². The molecule has 0 radical (unpaired) electrons. The molecule has 2 N–H and O–H groups in total. The van der Waals surface area contributed by atoms with Gasteiger partial charge in [0.15, 0.2) is 5.65 Å². The van der Waals surface area contributed by atoms with Crippen molar-refractivity contribution in [3.05, 3.63) is 89.6 Å². The summed E-state index contributed by atoms with van der Waals surface area (Å²) in [5.41, 5.74) is 3.92. The maximum Gasteiger partial charge on any atom is 0.348 e. The molecule has 3 aromatic heterocycles. The number of para-hydroxylation sites is 1. The summed E-state index contributed by atoms with van der Waals surface area (Å²) in [7, 11) is 0. The highest BCUT2D eigenvalue weighted by atomic mass is 16.1. The monoisotopic (exact) mass is 365 g/mol. The molecule has 3 heterocycles. The molecule has 0 amide bonds. The number of hydrogen-bond acceptors (Lipinski definition) is 5. The predicted octanol–water partition coefficient (Wildman–Crippen LogP) is 4.28. The fourth-order valence-corrected chi connectivity index (χ4v) is 3.20. The molecule has 0 bridgehead atoms. The minimum atomic E-state index is -0.437. The molecule has 0 saturated heterocycles. The fraction of sp³-hybridized carbons (Fsp3) is 0. The molecular formula is C22H15N5O. The molecule has 5 aromatic rings. The molecule has 2 aromatic carbocycles. The number of rotatable bonds is 3. The number of hydrogen-bond donors (Lipinski definition) is 2. The normalized spacial score (nSPS) is 11.0. The van der Waals surface area contributed by atoms with Gasteiger partial charge in [0, 0.05) is 29.0 Å². The summed E-state index contributed by atoms with van der Waals surface area (Å²) in [5, 5.41) is 5.11. The van der Waals surface area contributed by atoms with E-state index in [4.69, 9.17) is 0 Å². The van der Waals surface area contributed by atoms with Crippen molar-refractivity contribution in [3.8, 4) is 11.1 Å². The third-order valence-electron chi connectivity index (χ3n) is 4.57. The van der Waals surface area contributed by atoms with Gasteiger partial charge in [0.25, 0.3) is 0 Å². The number of aromatic amines is 1. The van der Waals surface area contributed by atoms with Crippen molar-refractivity contribution in [2.45, 2.75) is 0 Å². The minimum absolute atomic E-state index is 0.410. The van der Waals surface area contributed by atoms with Gasteiger partial charge in [-0.15, -0.1) is 0 Å². The summed E-state index contributed by atoms with van der Waals surface area (Å²) < 4.78 is 0. The number of benzene rings is 2. The molecule has 0 aliphatic heterocycles. The Hall–Kier alpha value is -4.06. The molecule has 0 atom stereocenters. The highest BCUT2D eigenvalue weighted by Crippen LogP contribution is 2.26. The number of pyridine rings is 2. The van der Waals surface area contributed by atoms with Crippen molar-refractivity contribution < 1.29 is 0 Å². The van der Waals surface area contributed by atoms with Gasteiger partial charge >= 0.3 is 5.69 Å². The Kier molecular flexibility index (Phi) is 3.80. The van der Waals surface area contributed by atoms with Crippen LogP contribution in [0, 0.1) is 0 Å². The van der Waals surface area contributed by atoms with E-state index in [1.807, 2.05) is 60.8 Å². The van der Waals surface area contributed by atoms with Crippen LogP contribution in [0.1, 0.15) is 0 Å². The lowest BCUT2D eigenvalue weighted by atomic mass is 10.1. The maximum absolute atomic E-state index is 11.8. The van der Waals surface area contributed by atoms with Crippen LogP contribution in [-0.2, 0) is 0 Å². The van der Waals surface area contributed by atoms with Crippen LogP contribution in [-0.4, -0.2) is 19.9 Å². The van der Waals surface area contributed by atoms with Crippen LogP contribution >= 0.6 is 0 Å². The van der Waals surface area contributed by atoms with Crippen LogP contribution in [0.25, 0.3) is 33.1 Å². The number of anilines is 2. The van der Waals surface area contributed by atoms with E-state index in [9.17, 15) is 4.79 Å². The van der Waals surface area contributed by atoms with E-state index < -0.39 is 5.69 Å². The molecule has 134 valence electrons. The number of H-pyrrole nitrogens is 1. The van der Waals surface area contributed by atoms with Crippen molar-refractivity contribution in [1.82, 2.24) is 19.9 Å². The van der Waals surface area contributed by atoms with Gasteiger partial charge in [0.2, 0.25) is 0 Å². The first-order chi connectivity index (χ1) is 13.8. The third kappa shape index (κ3) is 2.97. The van der Waals surface area contributed by atoms with Crippen LogP contribution in [0.5, 0.6) is 0 Å². The van der Waals surface area contributed by atoms with Crippen LogP contribution in [0.15, 0.2) is 83.9 Å². The Morgan fingerprint density at radius 1 is 0.857 bits per heavy atom. The first-order valence-electron chi connectivity index (χ1n) is 8.84. The summed E-state index contributed by atoms with van der Waals surface area (Å²) >= 11 is 0. The maximum atomic E-state index is 11.8. The van der Waals surface area contributed by atoms with Gasteiger partial charge in [-0.25, -0.2) is 9.78 Å². The average Bonchev–Trinajstić information content (AvgIpc) is 2.74. The van der Waals surface area contributed by atoms with Crippen molar-refractivity contribution in [2.24, 2.45) is 0 Å². The molecule has 0 unspecified atom stereocenters. The standard InChI is InChI=1S/C22H15N5O/c28-22-26-20-18(5-3-11-23-20)21(27-22)25-17-9-7-14(8-10-17)16-12-15-4-1-2-6-19(15)24-13-16/h1-13H,(H2,23,25,26,27,28). The van der Waals surface area contributed by atoms with Crippen LogP contribution in [0.2, 0.25) is 0 Å². The SMILES string of the molecule is O=c1nc2ncccc2c(Nc2ccc(-c3cnc4ccccc4c3)cc2)[nH]1. The predicted molar refractivity (Wildman–Crippen MR) is 111 cm³/mol. The molecule has 0 aliphatic carbocycles. The summed E-state index contributed by atoms with van der Waals surface area (Å²) in [6.45, 7) is 0. The highest BCUT2D eigenvalue weighted by Gasteiger charge is 2.06. The van der Waals surface area contributed by atoms with Crippen molar-refractivity contribution in [1.29, 1.82) is 0 Å². The van der Waals surface area contributed by atoms with Gasteiger partial charge < -0.3 is 5.32 Å². The van der Waals surface area contributed by atoms with E-state index in [0.29, 0.717) is 11.5 Å². The first-order valence-corrected chi connectivity index (χ1v) is 8.84. The molecule has 0 aliphatic rings. The molecule has 0 fully saturated rings. The Balaban J connectivity index is 1.48. The second-order valence-electron chi connectivity index (χ2n) is 6.41. The van der Waals surface area contributed by atoms with Crippen molar-refractivity contribution in [3.63, 3.8) is 0 Å². The van der Waals surface area contributed by atoms with Gasteiger partial charge in [-0.2, -0.15) is 4.98 Å². The topological polar surface area (TPSA) is 83.6 Å². The van der Waals surface area contributed by atoms with E-state index in [-0.39, 0.29) is 0 Å². The van der Waals surface area contributed by atoms with E-state index in [0.717, 1.165) is 33.1 Å². The lowest BCUT2D eigenvalue weighted by Crippen LogP contribution is -2.13. The Morgan fingerprint density at radius 3 is 2.61 bits per heavy atom. The molecule has 0 spiro atoms. The summed E-state index contributed by atoms with van der Waals surface area (Å²) in [5.74, 6) is 0.572. The van der Waals surface area contributed by atoms with Gasteiger partial charge in [-0.3, -0.25) is 9.97 Å². The second kappa shape index (κ2) is 6.59. The first kappa shape index (κ1) is 16.1. The lowest BCUT2D eigenvalue weighted by Gasteiger charge is -2.10. The Labute approximate surface area is 159 Å². The Bertz CT molecular complexity index is 1360. The zero-order valence-electron chi connectivity index (χ0n) is 14.8. The highest BCUT2D eigenvalue weighted by molar-refractivity contribution is 5.88. The summed E-state index contributed by atoms with van der Waals surface area (Å²) in [6.07, 6.45) is 3.50. The van der Waals surface area contributed by atoms with Crippen LogP contribution in [0.4, 0.5) is 11.5 Å². The average molecular weight is 365 g/mol. The van der Waals surface area contributed by atoms with E-state index in [1.165, 1.54) is 0 Å². The van der Waals surface area contributed by atoms with Crippen molar-refractivity contribution in [2.75, 3.05) is 5.32 Å². The molecule has 0 saturated carbocycles. The van der Waals surface area contributed by atoms with Gasteiger partial charge in [-0.05, 0) is 42.0 Å². The van der Waals surface area contributed by atoms with E-state index in [1.54, 1.807) is 6.20 Å². The molecule has 6 nitrogen and oxygen atoms in total.